The van der Waals surface area contributed by atoms with Crippen LogP contribution in [0.5, 0.6) is 0 Å². The number of thioether (sulfide) groups is 1. The van der Waals surface area contributed by atoms with Crippen LogP contribution in [-0.2, 0) is 9.53 Å². The largest absolute Gasteiger partial charge is 0.378 e. The van der Waals surface area contributed by atoms with Crippen LogP contribution in [0.3, 0.4) is 0 Å². The molecule has 2 amide bonds. The van der Waals surface area contributed by atoms with Crippen LogP contribution in [0.15, 0.2) is 40.2 Å². The van der Waals surface area contributed by atoms with E-state index in [1.807, 2.05) is 44.4 Å². The lowest BCUT2D eigenvalue weighted by molar-refractivity contribution is -0.120. The number of aromatic nitrogens is 1. The molecule has 186 valence electrons. The number of para-hydroxylation sites is 1. The number of fused-ring (bicyclic) bond motifs is 1. The van der Waals surface area contributed by atoms with Crippen molar-refractivity contribution < 1.29 is 14.3 Å². The van der Waals surface area contributed by atoms with E-state index in [2.05, 4.69) is 33.2 Å². The van der Waals surface area contributed by atoms with Gasteiger partial charge in [0, 0.05) is 45.8 Å². The fourth-order valence-corrected chi connectivity index (χ4v) is 6.41. The van der Waals surface area contributed by atoms with Gasteiger partial charge < -0.3 is 19.9 Å². The molecule has 0 bridgehead atoms. The highest BCUT2D eigenvalue weighted by molar-refractivity contribution is 8.02. The van der Waals surface area contributed by atoms with E-state index in [-0.39, 0.29) is 18.4 Å². The molecule has 1 aromatic carbocycles. The van der Waals surface area contributed by atoms with Crippen molar-refractivity contribution in [3.05, 3.63) is 46.5 Å². The minimum Gasteiger partial charge on any atom is -0.378 e. The minimum atomic E-state index is -0.425. The Morgan fingerprint density at radius 1 is 1.23 bits per heavy atom. The molecule has 3 aliphatic rings. The van der Waals surface area contributed by atoms with E-state index < -0.39 is 5.92 Å². The van der Waals surface area contributed by atoms with Gasteiger partial charge in [0.25, 0.3) is 11.8 Å². The first kappa shape index (κ1) is 24.3. The van der Waals surface area contributed by atoms with Gasteiger partial charge in [-0.05, 0) is 57.9 Å². The van der Waals surface area contributed by atoms with Crippen molar-refractivity contribution in [2.24, 2.45) is 16.8 Å². The van der Waals surface area contributed by atoms with Gasteiger partial charge in [0.15, 0.2) is 0 Å². The van der Waals surface area contributed by atoms with Crippen LogP contribution in [0.2, 0.25) is 0 Å². The van der Waals surface area contributed by atoms with Crippen LogP contribution in [0.1, 0.15) is 48.8 Å². The summed E-state index contributed by atoms with van der Waals surface area (Å²) in [5.41, 5.74) is 3.48. The summed E-state index contributed by atoms with van der Waals surface area (Å²) in [5, 5.41) is 7.69. The molecule has 8 heteroatoms. The Morgan fingerprint density at radius 2 is 1.97 bits per heavy atom. The zero-order chi connectivity index (χ0) is 24.7. The molecule has 0 radical (unpaired) electrons. The number of hydrogen-bond acceptors (Lipinski definition) is 5. The molecule has 3 heterocycles. The normalized spacial score (nSPS) is 25.5. The maximum Gasteiger partial charge on any atom is 0.255 e. The van der Waals surface area contributed by atoms with Crippen molar-refractivity contribution in [2.75, 3.05) is 26.0 Å². The Bertz CT molecular complexity index is 1210. The van der Waals surface area contributed by atoms with Gasteiger partial charge in [0.1, 0.15) is 0 Å². The van der Waals surface area contributed by atoms with Crippen molar-refractivity contribution >= 4 is 40.2 Å². The van der Waals surface area contributed by atoms with E-state index in [0.717, 1.165) is 47.6 Å². The van der Waals surface area contributed by atoms with Gasteiger partial charge in [-0.3, -0.25) is 9.59 Å². The molecule has 1 aliphatic carbocycles. The summed E-state index contributed by atoms with van der Waals surface area (Å²) in [5.74, 6) is -0.189. The van der Waals surface area contributed by atoms with E-state index in [9.17, 15) is 9.59 Å². The molecule has 35 heavy (non-hydrogen) atoms. The number of carbonyl (C=O) groups excluding carboxylic acids is 2. The molecule has 2 atom stereocenters. The Labute approximate surface area is 210 Å². The first-order valence-corrected chi connectivity index (χ1v) is 13.7. The summed E-state index contributed by atoms with van der Waals surface area (Å²) in [4.78, 5) is 31.0. The molecule has 1 aromatic heterocycles. The molecular weight excluding hydrogens is 460 g/mol. The highest BCUT2D eigenvalue weighted by atomic mass is 32.2. The van der Waals surface area contributed by atoms with Gasteiger partial charge in [-0.25, -0.2) is 4.99 Å². The molecule has 1 saturated heterocycles. The second kappa shape index (κ2) is 9.91. The number of rotatable bonds is 8. The summed E-state index contributed by atoms with van der Waals surface area (Å²) < 4.78 is 7.62. The average molecular weight is 495 g/mol. The molecule has 5 rings (SSSR count). The topological polar surface area (TPSA) is 84.7 Å². The molecule has 1 unspecified atom stereocenters. The van der Waals surface area contributed by atoms with E-state index in [1.165, 1.54) is 11.8 Å². The maximum absolute atomic E-state index is 13.5. The Morgan fingerprint density at radius 3 is 2.66 bits per heavy atom. The van der Waals surface area contributed by atoms with Gasteiger partial charge in [-0.2, -0.15) is 0 Å². The van der Waals surface area contributed by atoms with Crippen molar-refractivity contribution in [1.29, 1.82) is 0 Å². The summed E-state index contributed by atoms with van der Waals surface area (Å²) in [7, 11) is 0. The first-order valence-electron chi connectivity index (χ1n) is 12.4. The first-order chi connectivity index (χ1) is 16.9. The lowest BCUT2D eigenvalue weighted by Gasteiger charge is -2.43. The highest BCUT2D eigenvalue weighted by Crippen LogP contribution is 2.40. The second-order valence-electron chi connectivity index (χ2n) is 10.0. The van der Waals surface area contributed by atoms with Gasteiger partial charge in [0.05, 0.1) is 30.7 Å². The van der Waals surface area contributed by atoms with E-state index in [1.54, 1.807) is 0 Å². The number of nitrogens with one attached hydrogen (secondary N) is 2. The number of aliphatic imine (C=N–C) groups is 1. The smallest absolute Gasteiger partial charge is 0.255 e. The Kier molecular flexibility index (Phi) is 6.88. The zero-order valence-corrected chi connectivity index (χ0v) is 21.7. The van der Waals surface area contributed by atoms with Gasteiger partial charge in [0.2, 0.25) is 0 Å². The summed E-state index contributed by atoms with van der Waals surface area (Å²) in [6.07, 6.45) is 6.16. The maximum atomic E-state index is 13.5. The average Bonchev–Trinajstić information content (AvgIpc) is 3.07. The van der Waals surface area contributed by atoms with Gasteiger partial charge >= 0.3 is 0 Å². The highest BCUT2D eigenvalue weighted by Gasteiger charge is 2.37. The molecule has 2 aliphatic heterocycles. The summed E-state index contributed by atoms with van der Waals surface area (Å²) >= 11 is 1.54. The van der Waals surface area contributed by atoms with Crippen molar-refractivity contribution in [3.63, 3.8) is 0 Å². The second-order valence-corrected chi connectivity index (χ2v) is 10.9. The molecule has 2 fully saturated rings. The molecular formula is C27H34N4O3S. The number of ether oxygens (including phenoxy) is 1. The number of amides is 2. The number of dihydropyridines is 1. The lowest BCUT2D eigenvalue weighted by Crippen LogP contribution is -2.55. The van der Waals surface area contributed by atoms with Crippen LogP contribution < -0.4 is 10.6 Å². The van der Waals surface area contributed by atoms with Crippen LogP contribution in [-0.4, -0.2) is 60.2 Å². The molecule has 2 N–H and O–H groups in total. The van der Waals surface area contributed by atoms with Crippen molar-refractivity contribution in [1.82, 2.24) is 15.2 Å². The van der Waals surface area contributed by atoms with E-state index in [4.69, 9.17) is 4.74 Å². The van der Waals surface area contributed by atoms with E-state index >= 15 is 0 Å². The fourth-order valence-electron chi connectivity index (χ4n) is 5.65. The van der Waals surface area contributed by atoms with Gasteiger partial charge in [-0.15, -0.1) is 11.8 Å². The fraction of sp³-hybridized carbons (Fsp3) is 0.519. The number of benzene rings is 1. The standard InChI is InChI=1S/C27H34N4O3S/c1-15-9-24(35-4)22(26(32)29-15)12-28-27(33)25-17(3)31(23-8-6-5-7-21(23)25)16(2)18-10-19(11-18)30-20-13-34-14-20/h5-9,16,18-20,22,30H,10-14H2,1-4H3,(H,28,33)/t16-,18?,19?,22?/m1/s1. The molecule has 7 nitrogen and oxygen atoms in total. The Hall–Kier alpha value is -2.42. The SMILES string of the molecule is CSC1=CC(C)=NC(=O)C1CNC(=O)c1c(C)n([C@H](C)C2CC(NC3COC3)C2)c2ccccc12. The number of hydrogen-bond donors (Lipinski definition) is 2. The monoisotopic (exact) mass is 494 g/mol. The molecule has 2 aromatic rings. The number of carbonyl (C=O) groups is 2. The quantitative estimate of drug-likeness (QED) is 0.582. The van der Waals surface area contributed by atoms with Crippen LogP contribution in [0, 0.1) is 18.8 Å². The summed E-state index contributed by atoms with van der Waals surface area (Å²) in [6, 6.07) is 9.49. The minimum absolute atomic E-state index is 0.137. The summed E-state index contributed by atoms with van der Waals surface area (Å²) in [6.45, 7) is 8.02. The van der Waals surface area contributed by atoms with Crippen LogP contribution in [0.4, 0.5) is 0 Å². The third kappa shape index (κ3) is 4.59. The third-order valence-electron chi connectivity index (χ3n) is 7.74. The number of allylic oxidation sites excluding steroid dienone is 1. The van der Waals surface area contributed by atoms with E-state index in [0.29, 0.717) is 35.3 Å². The van der Waals surface area contributed by atoms with Crippen LogP contribution in [0.25, 0.3) is 10.9 Å². The number of nitrogens with zero attached hydrogens (tertiary/aromatic N) is 2. The lowest BCUT2D eigenvalue weighted by atomic mass is 9.75. The molecule has 1 saturated carbocycles. The molecule has 0 spiro atoms. The Balaban J connectivity index is 1.33. The predicted octanol–water partition coefficient (Wildman–Crippen LogP) is 3.87. The third-order valence-corrected chi connectivity index (χ3v) is 8.61. The predicted molar refractivity (Wildman–Crippen MR) is 141 cm³/mol. The van der Waals surface area contributed by atoms with Crippen molar-refractivity contribution in [3.8, 4) is 0 Å². The zero-order valence-electron chi connectivity index (χ0n) is 20.8. The van der Waals surface area contributed by atoms with Gasteiger partial charge in [-0.1, -0.05) is 18.2 Å². The van der Waals surface area contributed by atoms with Crippen molar-refractivity contribution in [2.45, 2.75) is 51.7 Å². The van der Waals surface area contributed by atoms with Crippen LogP contribution >= 0.6 is 11.8 Å².